The van der Waals surface area contributed by atoms with Crippen molar-refractivity contribution < 1.29 is 18.8 Å². The molecule has 2 aliphatic heterocycles. The molecule has 1 aromatic carbocycles. The van der Waals surface area contributed by atoms with E-state index in [2.05, 4.69) is 11.9 Å². The number of imidazole rings is 1. The second-order valence-corrected chi connectivity index (χ2v) is 10.9. The lowest BCUT2D eigenvalue weighted by Crippen LogP contribution is -2.46. The molecule has 0 radical (unpaired) electrons. The number of Topliss-reactive ketones (excluding diaryl/α,β-unsaturated/α-hetero) is 2. The van der Waals surface area contributed by atoms with Gasteiger partial charge in [-0.05, 0) is 48.6 Å². The maximum absolute atomic E-state index is 15.1. The van der Waals surface area contributed by atoms with Gasteiger partial charge in [-0.2, -0.15) is 0 Å². The molecule has 8 nitrogen and oxygen atoms in total. The van der Waals surface area contributed by atoms with Crippen molar-refractivity contribution in [2.24, 2.45) is 5.92 Å². The average Bonchev–Trinajstić information content (AvgIpc) is 3.54. The molecule has 7 rings (SSSR count). The Morgan fingerprint density at radius 1 is 1.00 bits per heavy atom. The number of carbonyl (C=O) groups excluding carboxylic acids is 3. The number of hydrogen-bond acceptors (Lipinski definition) is 4. The van der Waals surface area contributed by atoms with Crippen LogP contribution in [0.2, 0.25) is 0 Å². The molecule has 0 atom stereocenters. The van der Waals surface area contributed by atoms with Crippen LogP contribution >= 0.6 is 0 Å². The molecule has 0 unspecified atom stereocenters. The zero-order valence-corrected chi connectivity index (χ0v) is 21.7. The Morgan fingerprint density at radius 2 is 1.79 bits per heavy atom. The summed E-state index contributed by atoms with van der Waals surface area (Å²) in [5.41, 5.74) is 3.89. The molecule has 3 aliphatic rings. The summed E-state index contributed by atoms with van der Waals surface area (Å²) in [5.74, 6) is -0.367. The Labute approximate surface area is 224 Å². The van der Waals surface area contributed by atoms with E-state index in [1.54, 1.807) is 15.5 Å². The van der Waals surface area contributed by atoms with E-state index in [1.807, 2.05) is 40.1 Å². The van der Waals surface area contributed by atoms with E-state index >= 15 is 4.39 Å². The summed E-state index contributed by atoms with van der Waals surface area (Å²) < 4.78 is 18.9. The molecule has 0 saturated carbocycles. The van der Waals surface area contributed by atoms with Crippen LogP contribution in [0, 0.1) is 11.7 Å². The normalized spacial score (nSPS) is 18.6. The van der Waals surface area contributed by atoms with Crippen LogP contribution in [-0.4, -0.2) is 61.0 Å². The number of nitrogens with zero attached hydrogens (tertiary/aromatic N) is 5. The molecule has 0 N–H and O–H groups in total. The summed E-state index contributed by atoms with van der Waals surface area (Å²) in [7, 11) is 0. The molecular weight excluding hydrogens is 497 g/mol. The highest BCUT2D eigenvalue weighted by Gasteiger charge is 2.36. The summed E-state index contributed by atoms with van der Waals surface area (Å²) in [6.45, 7) is 4.95. The fourth-order valence-corrected chi connectivity index (χ4v) is 6.34. The lowest BCUT2D eigenvalue weighted by molar-refractivity contribution is -0.119. The number of aromatic nitrogens is 3. The van der Waals surface area contributed by atoms with Crippen LogP contribution < -0.4 is 0 Å². The van der Waals surface area contributed by atoms with Crippen molar-refractivity contribution in [1.29, 1.82) is 0 Å². The second-order valence-electron chi connectivity index (χ2n) is 10.9. The molecule has 4 aromatic rings. The smallest absolute Gasteiger partial charge is 0.320 e. The van der Waals surface area contributed by atoms with Crippen LogP contribution in [0.15, 0.2) is 48.9 Å². The topological polar surface area (TPSA) is 79.9 Å². The first kappa shape index (κ1) is 23.8. The van der Waals surface area contributed by atoms with Crippen molar-refractivity contribution in [2.75, 3.05) is 19.6 Å². The largest absolute Gasteiger partial charge is 0.345 e. The van der Waals surface area contributed by atoms with Crippen molar-refractivity contribution >= 4 is 45.3 Å². The summed E-state index contributed by atoms with van der Waals surface area (Å²) in [5, 5.41) is 0.579. The van der Waals surface area contributed by atoms with Gasteiger partial charge >= 0.3 is 6.03 Å². The molecular formula is C30H28FN5O3. The third-order valence-electron chi connectivity index (χ3n) is 8.38. The maximum Gasteiger partial charge on any atom is 0.320 e. The molecule has 3 aromatic heterocycles. The van der Waals surface area contributed by atoms with E-state index in [-0.39, 0.29) is 30.6 Å². The molecule has 1 aliphatic carbocycles. The number of halogens is 1. The Kier molecular flexibility index (Phi) is 5.43. The lowest BCUT2D eigenvalue weighted by Gasteiger charge is -2.34. The van der Waals surface area contributed by atoms with Gasteiger partial charge in [0.1, 0.15) is 11.5 Å². The zero-order chi connectivity index (χ0) is 26.8. The van der Waals surface area contributed by atoms with Crippen molar-refractivity contribution in [2.45, 2.75) is 39.3 Å². The van der Waals surface area contributed by atoms with E-state index in [9.17, 15) is 14.4 Å². The molecule has 198 valence electrons. The standard InChI is InChI=1S/C30H28FN5O3/c1-18-5-8-33(9-6-18)30(39)35-11-10-34-17-22(21-13-20(31)12-19(16-35)29(21)34)27-24(37)14-25(38)28(27)23-15-32-26-4-2-3-7-36(23)26/h2-4,7,12-13,15,17-18H,5-6,8-11,14,16H2,1H3. The minimum absolute atomic E-state index is 0.0144. The van der Waals surface area contributed by atoms with Gasteiger partial charge in [0.15, 0.2) is 11.6 Å². The predicted octanol–water partition coefficient (Wildman–Crippen LogP) is 4.55. The zero-order valence-electron chi connectivity index (χ0n) is 21.7. The maximum atomic E-state index is 15.1. The van der Waals surface area contributed by atoms with Crippen molar-refractivity contribution in [3.8, 4) is 0 Å². The van der Waals surface area contributed by atoms with Crippen LogP contribution in [-0.2, 0) is 22.7 Å². The molecule has 39 heavy (non-hydrogen) atoms. The van der Waals surface area contributed by atoms with Gasteiger partial charge in [-0.15, -0.1) is 0 Å². The molecule has 1 fully saturated rings. The minimum atomic E-state index is -0.439. The van der Waals surface area contributed by atoms with E-state index in [0.717, 1.165) is 31.4 Å². The SMILES string of the molecule is CC1CCN(C(=O)N2CCn3cc(C4=C(c5cnc6ccccn56)C(=O)CC4=O)c4cc(F)cc(c43)C2)CC1. The summed E-state index contributed by atoms with van der Waals surface area (Å²) >= 11 is 0. The van der Waals surface area contributed by atoms with Gasteiger partial charge in [-0.25, -0.2) is 14.2 Å². The number of urea groups is 1. The Hall–Kier alpha value is -4.27. The van der Waals surface area contributed by atoms with Gasteiger partial charge < -0.3 is 14.4 Å². The van der Waals surface area contributed by atoms with Gasteiger partial charge in [0, 0.05) is 61.6 Å². The number of rotatable bonds is 2. The number of likely N-dealkylation sites (tertiary alicyclic amines) is 1. The molecule has 2 amide bonds. The highest BCUT2D eigenvalue weighted by molar-refractivity contribution is 6.51. The fraction of sp³-hybridized carbons (Fsp3) is 0.333. The van der Waals surface area contributed by atoms with E-state index in [4.69, 9.17) is 0 Å². The van der Waals surface area contributed by atoms with Crippen LogP contribution in [0.1, 0.15) is 43.0 Å². The van der Waals surface area contributed by atoms with Crippen LogP contribution in [0.25, 0.3) is 27.7 Å². The Morgan fingerprint density at radius 3 is 2.62 bits per heavy atom. The summed E-state index contributed by atoms with van der Waals surface area (Å²) in [6.07, 6.45) is 7.02. The van der Waals surface area contributed by atoms with Gasteiger partial charge in [-0.3, -0.25) is 14.0 Å². The number of allylic oxidation sites excluding steroid dienone is 2. The highest BCUT2D eigenvalue weighted by atomic mass is 19.1. The number of pyridine rings is 1. The van der Waals surface area contributed by atoms with E-state index < -0.39 is 5.82 Å². The van der Waals surface area contributed by atoms with Crippen LogP contribution in [0.4, 0.5) is 9.18 Å². The number of fused-ring (bicyclic) bond motifs is 1. The van der Waals surface area contributed by atoms with Crippen molar-refractivity contribution in [3.63, 3.8) is 0 Å². The number of amides is 2. The first-order chi connectivity index (χ1) is 18.9. The summed E-state index contributed by atoms with van der Waals surface area (Å²) in [4.78, 5) is 47.9. The molecule has 1 saturated heterocycles. The first-order valence-corrected chi connectivity index (χ1v) is 13.5. The third-order valence-corrected chi connectivity index (χ3v) is 8.38. The molecule has 0 spiro atoms. The Bertz CT molecular complexity index is 1720. The van der Waals surface area contributed by atoms with Crippen LogP contribution in [0.5, 0.6) is 0 Å². The van der Waals surface area contributed by atoms with Gasteiger partial charge in [0.05, 0.1) is 29.4 Å². The second kappa shape index (κ2) is 8.90. The number of hydrogen-bond donors (Lipinski definition) is 0. The predicted molar refractivity (Wildman–Crippen MR) is 144 cm³/mol. The number of piperidine rings is 1. The Balaban J connectivity index is 1.34. The quantitative estimate of drug-likeness (QED) is 0.360. The van der Waals surface area contributed by atoms with E-state index in [1.165, 1.54) is 12.1 Å². The van der Waals surface area contributed by atoms with Gasteiger partial charge in [0.25, 0.3) is 0 Å². The van der Waals surface area contributed by atoms with Gasteiger partial charge in [-0.1, -0.05) is 13.0 Å². The number of benzene rings is 1. The molecule has 0 bridgehead atoms. The monoisotopic (exact) mass is 525 g/mol. The fourth-order valence-electron chi connectivity index (χ4n) is 6.34. The average molecular weight is 526 g/mol. The van der Waals surface area contributed by atoms with Gasteiger partial charge in [0.2, 0.25) is 0 Å². The number of ketones is 2. The molecule has 9 heteroatoms. The van der Waals surface area contributed by atoms with E-state index in [0.29, 0.717) is 58.0 Å². The third kappa shape index (κ3) is 3.78. The number of carbonyl (C=O) groups is 3. The van der Waals surface area contributed by atoms with Crippen molar-refractivity contribution in [3.05, 3.63) is 71.6 Å². The lowest BCUT2D eigenvalue weighted by atomic mass is 9.97. The summed E-state index contributed by atoms with van der Waals surface area (Å²) in [6, 6.07) is 8.44. The molecule has 5 heterocycles. The van der Waals surface area contributed by atoms with Crippen LogP contribution in [0.3, 0.4) is 0 Å². The first-order valence-electron chi connectivity index (χ1n) is 13.5. The highest BCUT2D eigenvalue weighted by Crippen LogP contribution is 2.41. The minimum Gasteiger partial charge on any atom is -0.345 e. The van der Waals surface area contributed by atoms with Crippen molar-refractivity contribution in [1.82, 2.24) is 23.8 Å².